The van der Waals surface area contributed by atoms with Crippen molar-refractivity contribution in [1.29, 1.82) is 0 Å². The van der Waals surface area contributed by atoms with Crippen LogP contribution in [0.3, 0.4) is 0 Å². The fourth-order valence-corrected chi connectivity index (χ4v) is 2.37. The number of rotatable bonds is 5. The smallest absolute Gasteiger partial charge is 0.0271 e. The predicted molar refractivity (Wildman–Crippen MR) is 74.2 cm³/mol. The molecule has 0 saturated carbocycles. The molecule has 18 heavy (non-hydrogen) atoms. The molecule has 0 atom stereocenters. The molecule has 0 aliphatic carbocycles. The highest BCUT2D eigenvalue weighted by Gasteiger charge is 2.15. The second kappa shape index (κ2) is 6.83. The first-order valence-corrected chi connectivity index (χ1v) is 6.79. The van der Waals surface area contributed by atoms with E-state index in [2.05, 4.69) is 34.0 Å². The van der Waals surface area contributed by atoms with Crippen molar-refractivity contribution < 1.29 is 0 Å². The van der Waals surface area contributed by atoms with E-state index in [-0.39, 0.29) is 0 Å². The van der Waals surface area contributed by atoms with Crippen molar-refractivity contribution in [3.05, 3.63) is 30.1 Å². The van der Waals surface area contributed by atoms with Crippen molar-refractivity contribution in [2.24, 2.45) is 5.73 Å². The molecular formula is C14H24N4. The standard InChI is InChI=1S/C14H24N4/c1-17(12-13-2-6-16-7-3-13)10-11-18-8-4-14(15)5-9-18/h2-3,6-7,14H,4-5,8-12,15H2,1H3. The van der Waals surface area contributed by atoms with Gasteiger partial charge in [0.1, 0.15) is 0 Å². The highest BCUT2D eigenvalue weighted by atomic mass is 15.2. The topological polar surface area (TPSA) is 45.4 Å². The molecule has 0 radical (unpaired) electrons. The summed E-state index contributed by atoms with van der Waals surface area (Å²) in [6, 6.07) is 4.59. The number of pyridine rings is 1. The molecule has 0 unspecified atom stereocenters. The second-order valence-electron chi connectivity index (χ2n) is 5.27. The van der Waals surface area contributed by atoms with Crippen molar-refractivity contribution in [1.82, 2.24) is 14.8 Å². The van der Waals surface area contributed by atoms with Crippen LogP contribution in [0.1, 0.15) is 18.4 Å². The largest absolute Gasteiger partial charge is 0.328 e. The SMILES string of the molecule is CN(CCN1CCC(N)CC1)Cc1ccncc1. The van der Waals surface area contributed by atoms with Gasteiger partial charge in [0.05, 0.1) is 0 Å². The molecule has 2 N–H and O–H groups in total. The number of piperidine rings is 1. The van der Waals surface area contributed by atoms with Gasteiger partial charge in [0, 0.05) is 38.1 Å². The Morgan fingerprint density at radius 2 is 2.00 bits per heavy atom. The van der Waals surface area contributed by atoms with Crippen molar-refractivity contribution in [2.75, 3.05) is 33.2 Å². The van der Waals surface area contributed by atoms with Gasteiger partial charge in [0.25, 0.3) is 0 Å². The van der Waals surface area contributed by atoms with Gasteiger partial charge in [-0.15, -0.1) is 0 Å². The third-order valence-electron chi connectivity index (χ3n) is 3.63. The average Bonchev–Trinajstić information content (AvgIpc) is 2.39. The normalized spacial score (nSPS) is 18.4. The van der Waals surface area contributed by atoms with Gasteiger partial charge in [0.2, 0.25) is 0 Å². The second-order valence-corrected chi connectivity index (χ2v) is 5.27. The van der Waals surface area contributed by atoms with Crippen LogP contribution in [0.2, 0.25) is 0 Å². The Hall–Kier alpha value is -0.970. The van der Waals surface area contributed by atoms with Crippen LogP contribution >= 0.6 is 0 Å². The summed E-state index contributed by atoms with van der Waals surface area (Å²) in [7, 11) is 2.18. The van der Waals surface area contributed by atoms with E-state index in [0.29, 0.717) is 6.04 Å². The molecule has 1 aromatic heterocycles. The summed E-state index contributed by atoms with van der Waals surface area (Å²) in [5.41, 5.74) is 7.24. The molecule has 0 amide bonds. The first-order valence-electron chi connectivity index (χ1n) is 6.79. The van der Waals surface area contributed by atoms with Crippen LogP contribution in [0.25, 0.3) is 0 Å². The molecular weight excluding hydrogens is 224 g/mol. The van der Waals surface area contributed by atoms with Gasteiger partial charge in [-0.05, 0) is 50.7 Å². The van der Waals surface area contributed by atoms with E-state index >= 15 is 0 Å². The van der Waals surface area contributed by atoms with E-state index in [1.807, 2.05) is 12.4 Å². The molecule has 1 aliphatic rings. The first-order chi connectivity index (χ1) is 8.74. The molecule has 1 aliphatic heterocycles. The lowest BCUT2D eigenvalue weighted by molar-refractivity contribution is 0.183. The Morgan fingerprint density at radius 1 is 1.33 bits per heavy atom. The summed E-state index contributed by atoms with van der Waals surface area (Å²) < 4.78 is 0. The summed E-state index contributed by atoms with van der Waals surface area (Å²) in [6.45, 7) is 5.57. The summed E-state index contributed by atoms with van der Waals surface area (Å²) in [5, 5.41) is 0. The van der Waals surface area contributed by atoms with Gasteiger partial charge in [-0.25, -0.2) is 0 Å². The van der Waals surface area contributed by atoms with Crippen molar-refractivity contribution >= 4 is 0 Å². The number of aromatic nitrogens is 1. The molecule has 2 heterocycles. The van der Waals surface area contributed by atoms with Gasteiger partial charge < -0.3 is 15.5 Å². The van der Waals surface area contributed by atoms with Gasteiger partial charge in [-0.2, -0.15) is 0 Å². The minimum atomic E-state index is 0.427. The van der Waals surface area contributed by atoms with Crippen LogP contribution in [0, 0.1) is 0 Å². The van der Waals surface area contributed by atoms with E-state index in [0.717, 1.165) is 45.6 Å². The lowest BCUT2D eigenvalue weighted by Crippen LogP contribution is -2.42. The Balaban J connectivity index is 1.67. The maximum absolute atomic E-state index is 5.91. The minimum Gasteiger partial charge on any atom is -0.328 e. The van der Waals surface area contributed by atoms with E-state index in [1.54, 1.807) is 0 Å². The van der Waals surface area contributed by atoms with E-state index in [4.69, 9.17) is 5.73 Å². The lowest BCUT2D eigenvalue weighted by Gasteiger charge is -2.31. The third kappa shape index (κ3) is 4.37. The summed E-state index contributed by atoms with van der Waals surface area (Å²) in [5.74, 6) is 0. The van der Waals surface area contributed by atoms with Crippen LogP contribution in [0.4, 0.5) is 0 Å². The lowest BCUT2D eigenvalue weighted by atomic mass is 10.1. The molecule has 0 aromatic carbocycles. The number of likely N-dealkylation sites (tertiary alicyclic amines) is 1. The van der Waals surface area contributed by atoms with Crippen LogP contribution in [0.15, 0.2) is 24.5 Å². The maximum Gasteiger partial charge on any atom is 0.0271 e. The molecule has 2 rings (SSSR count). The Kier molecular flexibility index (Phi) is 5.11. The van der Waals surface area contributed by atoms with Crippen LogP contribution in [0.5, 0.6) is 0 Å². The fourth-order valence-electron chi connectivity index (χ4n) is 2.37. The molecule has 0 bridgehead atoms. The maximum atomic E-state index is 5.91. The molecule has 100 valence electrons. The molecule has 0 spiro atoms. The zero-order valence-electron chi connectivity index (χ0n) is 11.3. The summed E-state index contributed by atoms with van der Waals surface area (Å²) >= 11 is 0. The predicted octanol–water partition coefficient (Wildman–Crippen LogP) is 0.937. The van der Waals surface area contributed by atoms with Gasteiger partial charge in [-0.3, -0.25) is 4.98 Å². The summed E-state index contributed by atoms with van der Waals surface area (Å²) in [6.07, 6.45) is 6.01. The molecule has 4 nitrogen and oxygen atoms in total. The van der Waals surface area contributed by atoms with Crippen LogP contribution in [-0.2, 0) is 6.54 Å². The number of hydrogen-bond donors (Lipinski definition) is 1. The fraction of sp³-hybridized carbons (Fsp3) is 0.643. The van der Waals surface area contributed by atoms with E-state index in [9.17, 15) is 0 Å². The van der Waals surface area contributed by atoms with E-state index < -0.39 is 0 Å². The number of nitrogens with two attached hydrogens (primary N) is 1. The Morgan fingerprint density at radius 3 is 2.67 bits per heavy atom. The summed E-state index contributed by atoms with van der Waals surface area (Å²) in [4.78, 5) is 8.93. The van der Waals surface area contributed by atoms with Gasteiger partial charge >= 0.3 is 0 Å². The van der Waals surface area contributed by atoms with Crippen molar-refractivity contribution in [3.8, 4) is 0 Å². The zero-order chi connectivity index (χ0) is 12.8. The van der Waals surface area contributed by atoms with Crippen LogP contribution < -0.4 is 5.73 Å². The Bertz CT molecular complexity index is 333. The van der Waals surface area contributed by atoms with Crippen LogP contribution in [-0.4, -0.2) is 54.1 Å². The molecule has 1 saturated heterocycles. The average molecular weight is 248 g/mol. The molecule has 1 aromatic rings. The third-order valence-corrected chi connectivity index (χ3v) is 3.63. The van der Waals surface area contributed by atoms with Crippen molar-refractivity contribution in [2.45, 2.75) is 25.4 Å². The highest BCUT2D eigenvalue weighted by molar-refractivity contribution is 5.09. The monoisotopic (exact) mass is 248 g/mol. The number of likely N-dealkylation sites (N-methyl/N-ethyl adjacent to an activating group) is 1. The number of hydrogen-bond acceptors (Lipinski definition) is 4. The van der Waals surface area contributed by atoms with Gasteiger partial charge in [-0.1, -0.05) is 0 Å². The van der Waals surface area contributed by atoms with E-state index in [1.165, 1.54) is 5.56 Å². The minimum absolute atomic E-state index is 0.427. The molecule has 4 heteroatoms. The first kappa shape index (κ1) is 13.5. The molecule has 1 fully saturated rings. The van der Waals surface area contributed by atoms with Crippen molar-refractivity contribution in [3.63, 3.8) is 0 Å². The Labute approximate surface area is 110 Å². The van der Waals surface area contributed by atoms with Gasteiger partial charge in [0.15, 0.2) is 0 Å². The zero-order valence-corrected chi connectivity index (χ0v) is 11.3. The number of nitrogens with zero attached hydrogens (tertiary/aromatic N) is 3. The highest BCUT2D eigenvalue weighted by Crippen LogP contribution is 2.08. The quantitative estimate of drug-likeness (QED) is 0.842.